The Balaban J connectivity index is 0.000000980. The molecule has 4 heteroatoms. The van der Waals surface area contributed by atoms with Crippen LogP contribution < -0.4 is 34.3 Å². The lowest BCUT2D eigenvalue weighted by Crippen LogP contribution is -3.00. The summed E-state index contributed by atoms with van der Waals surface area (Å²) in [5.74, 6) is 0. The lowest BCUT2D eigenvalue weighted by atomic mass is 10.2. The van der Waals surface area contributed by atoms with Gasteiger partial charge in [-0.3, -0.25) is 5.73 Å². The maximum atomic E-state index is 11.0. The number of aromatic nitrogens is 1. The highest BCUT2D eigenvalue weighted by Gasteiger charge is 2.09. The monoisotopic (exact) mass is 300 g/mol. The van der Waals surface area contributed by atoms with Crippen molar-refractivity contribution in [2.24, 2.45) is 5.73 Å². The maximum Gasteiger partial charge on any atom is 0.494 e. The largest absolute Gasteiger partial charge is 1.00 e. The Morgan fingerprint density at radius 1 is 1.14 bits per heavy atom. The van der Waals surface area contributed by atoms with Gasteiger partial charge in [-0.25, -0.2) is 0 Å². The Bertz CT molecular complexity index is 465. The second-order valence-corrected chi connectivity index (χ2v) is 2.78. The first-order valence-electron chi connectivity index (χ1n) is 3.98. The predicted octanol–water partition coefficient (Wildman–Crippen LogP) is -1.94. The van der Waals surface area contributed by atoms with Gasteiger partial charge < -0.3 is 24.0 Å². The first-order chi connectivity index (χ1) is 6.29. The van der Waals surface area contributed by atoms with Gasteiger partial charge in [-0.15, -0.1) is 0 Å². The van der Waals surface area contributed by atoms with Gasteiger partial charge >= 0.3 is 6.03 Å². The van der Waals surface area contributed by atoms with E-state index in [0.29, 0.717) is 0 Å². The van der Waals surface area contributed by atoms with E-state index in [1.165, 1.54) is 4.57 Å². The first kappa shape index (κ1) is 10.9. The molecule has 1 aromatic carbocycles. The number of nitrogens with two attached hydrogens (primary N) is 1. The summed E-state index contributed by atoms with van der Waals surface area (Å²) in [6.45, 7) is 0. The molecule has 1 aromatic heterocycles. The van der Waals surface area contributed by atoms with Crippen molar-refractivity contribution < 1.29 is 33.3 Å². The van der Waals surface area contributed by atoms with Crippen LogP contribution in [0.3, 0.4) is 0 Å². The van der Waals surface area contributed by atoms with Gasteiger partial charge in [0.2, 0.25) is 0 Å². The molecule has 0 saturated heterocycles. The molecule has 0 aliphatic carbocycles. The molecule has 0 atom stereocenters. The minimum atomic E-state index is -0.461. The molecule has 0 aliphatic heterocycles. The number of primary amides is 1. The molecule has 14 heavy (non-hydrogen) atoms. The Morgan fingerprint density at radius 2 is 1.79 bits per heavy atom. The van der Waals surface area contributed by atoms with E-state index in [-0.39, 0.29) is 24.0 Å². The van der Waals surface area contributed by atoms with Crippen molar-refractivity contribution in [3.8, 4) is 0 Å². The predicted molar refractivity (Wildman–Crippen MR) is 49.1 cm³/mol. The van der Waals surface area contributed by atoms with Gasteiger partial charge in [0.25, 0.3) is 0 Å². The summed E-state index contributed by atoms with van der Waals surface area (Å²) in [6.07, 6.45) is 1.66. The Labute approximate surface area is 98.6 Å². The van der Waals surface area contributed by atoms with Crippen LogP contribution in [0, 0.1) is 0 Å². The molecule has 3 nitrogen and oxygen atoms in total. The summed E-state index contributed by atoms with van der Waals surface area (Å²) in [5, 5.41) is 1.00. The standard InChI is InChI=1S/C10H8N2O.HI/c11-10(13)12-7-3-5-8-4-1-2-6-9(8)12;/h1-7H,(H-,11,13);1H. The summed E-state index contributed by atoms with van der Waals surface area (Å²) in [6, 6.07) is 10.9. The highest BCUT2D eigenvalue weighted by molar-refractivity contribution is 5.78. The summed E-state index contributed by atoms with van der Waals surface area (Å²) in [5.41, 5.74) is 6.03. The maximum absolute atomic E-state index is 11.0. The van der Waals surface area contributed by atoms with E-state index in [0.717, 1.165) is 10.9 Å². The third-order valence-electron chi connectivity index (χ3n) is 1.94. The minimum absolute atomic E-state index is 0. The van der Waals surface area contributed by atoms with Crippen molar-refractivity contribution in [1.29, 1.82) is 0 Å². The van der Waals surface area contributed by atoms with Gasteiger partial charge in [0.05, 0.1) is 0 Å². The summed E-state index contributed by atoms with van der Waals surface area (Å²) in [4.78, 5) is 11.0. The highest BCUT2D eigenvalue weighted by atomic mass is 127. The average Bonchev–Trinajstić information content (AvgIpc) is 2.17. The molecule has 2 N–H and O–H groups in total. The van der Waals surface area contributed by atoms with Gasteiger partial charge in [0, 0.05) is 5.39 Å². The van der Waals surface area contributed by atoms with Crippen molar-refractivity contribution >= 4 is 16.9 Å². The topological polar surface area (TPSA) is 47.0 Å². The van der Waals surface area contributed by atoms with Gasteiger partial charge in [-0.2, -0.15) is 9.36 Å². The Morgan fingerprint density at radius 3 is 2.50 bits per heavy atom. The first-order valence-corrected chi connectivity index (χ1v) is 3.98. The number of carbonyl (C=O) groups is 1. The Hall–Kier alpha value is -1.17. The number of hydrogen-bond acceptors (Lipinski definition) is 1. The second kappa shape index (κ2) is 4.36. The fourth-order valence-electron chi connectivity index (χ4n) is 1.35. The van der Waals surface area contributed by atoms with E-state index in [9.17, 15) is 4.79 Å². The summed E-state index contributed by atoms with van der Waals surface area (Å²) >= 11 is 0. The van der Waals surface area contributed by atoms with Crippen molar-refractivity contribution in [3.63, 3.8) is 0 Å². The molecule has 0 bridgehead atoms. The second-order valence-electron chi connectivity index (χ2n) is 2.78. The van der Waals surface area contributed by atoms with Crippen LogP contribution in [0.5, 0.6) is 0 Å². The van der Waals surface area contributed by atoms with E-state index in [4.69, 9.17) is 5.73 Å². The molecule has 0 radical (unpaired) electrons. The minimum Gasteiger partial charge on any atom is -1.00 e. The molecule has 0 saturated carbocycles. The van der Waals surface area contributed by atoms with Crippen LogP contribution in [-0.2, 0) is 0 Å². The molecule has 1 amide bonds. The van der Waals surface area contributed by atoms with Crippen LogP contribution in [-0.4, -0.2) is 6.03 Å². The zero-order valence-electron chi connectivity index (χ0n) is 7.35. The molecule has 0 unspecified atom stereocenters. The fourth-order valence-corrected chi connectivity index (χ4v) is 1.35. The molecular formula is C10H9IN2O. The lowest BCUT2D eigenvalue weighted by Gasteiger charge is -1.97. The highest BCUT2D eigenvalue weighted by Crippen LogP contribution is 2.07. The van der Waals surface area contributed by atoms with E-state index >= 15 is 0 Å². The number of halogens is 1. The number of pyridine rings is 1. The van der Waals surface area contributed by atoms with Crippen LogP contribution in [0.4, 0.5) is 4.79 Å². The van der Waals surface area contributed by atoms with E-state index < -0.39 is 6.03 Å². The van der Waals surface area contributed by atoms with E-state index in [1.54, 1.807) is 12.3 Å². The van der Waals surface area contributed by atoms with Gasteiger partial charge in [0.1, 0.15) is 11.7 Å². The zero-order chi connectivity index (χ0) is 9.26. The van der Waals surface area contributed by atoms with E-state index in [1.807, 2.05) is 30.3 Å². The average molecular weight is 300 g/mol. The molecule has 1 heterocycles. The molecule has 2 rings (SSSR count). The number of rotatable bonds is 0. The summed E-state index contributed by atoms with van der Waals surface area (Å²) in [7, 11) is 0. The molecule has 0 spiro atoms. The molecule has 0 aliphatic rings. The van der Waals surface area contributed by atoms with Crippen LogP contribution in [0.2, 0.25) is 0 Å². The number of para-hydroxylation sites is 1. The molecule has 0 fully saturated rings. The number of amides is 1. The molecule has 72 valence electrons. The van der Waals surface area contributed by atoms with Gasteiger partial charge in [-0.1, -0.05) is 18.2 Å². The van der Waals surface area contributed by atoms with E-state index in [2.05, 4.69) is 0 Å². The van der Waals surface area contributed by atoms with Crippen molar-refractivity contribution in [3.05, 3.63) is 42.6 Å². The fraction of sp³-hybridized carbons (Fsp3) is 0. The lowest BCUT2D eigenvalue weighted by molar-refractivity contribution is -0.541. The van der Waals surface area contributed by atoms with Crippen molar-refractivity contribution in [2.45, 2.75) is 0 Å². The van der Waals surface area contributed by atoms with Gasteiger partial charge in [0.15, 0.2) is 0 Å². The normalized spacial score (nSPS) is 9.43. The molecule has 2 aromatic rings. The number of hydrogen-bond donors (Lipinski definition) is 1. The third-order valence-corrected chi connectivity index (χ3v) is 1.94. The third kappa shape index (κ3) is 1.84. The Kier molecular flexibility index (Phi) is 3.40. The molecular weight excluding hydrogens is 291 g/mol. The van der Waals surface area contributed by atoms with Crippen LogP contribution >= 0.6 is 0 Å². The summed E-state index contributed by atoms with van der Waals surface area (Å²) < 4.78 is 1.43. The van der Waals surface area contributed by atoms with Crippen LogP contribution in [0.25, 0.3) is 10.9 Å². The number of carbonyl (C=O) groups excluding carboxylic acids is 1. The van der Waals surface area contributed by atoms with Crippen molar-refractivity contribution in [2.75, 3.05) is 0 Å². The number of nitrogens with zero attached hydrogens (tertiary/aromatic N) is 1. The van der Waals surface area contributed by atoms with Gasteiger partial charge in [-0.05, 0) is 18.2 Å². The van der Waals surface area contributed by atoms with Crippen LogP contribution in [0.1, 0.15) is 0 Å². The zero-order valence-corrected chi connectivity index (χ0v) is 9.51. The number of fused-ring (bicyclic) bond motifs is 1. The number of benzene rings is 1. The SMILES string of the molecule is NC(=O)[n+]1cccc2ccccc21.[I-]. The quantitative estimate of drug-likeness (QED) is 0.446. The smallest absolute Gasteiger partial charge is 0.494 e. The van der Waals surface area contributed by atoms with Crippen LogP contribution in [0.15, 0.2) is 42.6 Å². The van der Waals surface area contributed by atoms with Crippen molar-refractivity contribution in [1.82, 2.24) is 0 Å².